The van der Waals surface area contributed by atoms with E-state index < -0.39 is 5.60 Å². The molecule has 2 N–H and O–H groups in total. The van der Waals surface area contributed by atoms with Crippen LogP contribution in [0.5, 0.6) is 0 Å². The highest BCUT2D eigenvalue weighted by atomic mass is 16.3. The molecule has 1 unspecified atom stereocenters. The van der Waals surface area contributed by atoms with E-state index in [1.165, 1.54) is 0 Å². The molecule has 1 amide bonds. The third-order valence-corrected chi connectivity index (χ3v) is 3.74. The molecule has 0 aliphatic carbocycles. The Morgan fingerprint density at radius 2 is 1.87 bits per heavy atom. The third-order valence-electron chi connectivity index (χ3n) is 3.74. The number of nitrogens with zero attached hydrogens (tertiary/aromatic N) is 3. The molecule has 2 aromatic rings. The van der Waals surface area contributed by atoms with Crippen molar-refractivity contribution in [2.24, 2.45) is 5.92 Å². The second kappa shape index (κ2) is 7.37. The summed E-state index contributed by atoms with van der Waals surface area (Å²) in [5.74, 6) is 0.340. The maximum Gasteiger partial charge on any atom is 0.251 e. The van der Waals surface area contributed by atoms with Crippen LogP contribution in [-0.4, -0.2) is 37.9 Å². The highest BCUT2D eigenvalue weighted by molar-refractivity contribution is 5.94. The molecular formula is C17H24N4O2. The second-order valence-corrected chi connectivity index (χ2v) is 6.53. The first kappa shape index (κ1) is 17.1. The number of rotatable bonds is 7. The Kier molecular flexibility index (Phi) is 5.50. The fraction of sp³-hybridized carbons (Fsp3) is 0.471. The van der Waals surface area contributed by atoms with Gasteiger partial charge in [0.2, 0.25) is 0 Å². The van der Waals surface area contributed by atoms with Crippen molar-refractivity contribution in [2.75, 3.05) is 6.54 Å². The molecule has 6 nitrogen and oxygen atoms in total. The van der Waals surface area contributed by atoms with Crippen LogP contribution in [0.25, 0.3) is 5.69 Å². The maximum absolute atomic E-state index is 12.2. The summed E-state index contributed by atoms with van der Waals surface area (Å²) in [5.41, 5.74) is 0.555. The van der Waals surface area contributed by atoms with Crippen LogP contribution in [0.1, 0.15) is 44.0 Å². The van der Waals surface area contributed by atoms with Gasteiger partial charge in [-0.1, -0.05) is 13.8 Å². The van der Waals surface area contributed by atoms with E-state index in [4.69, 9.17) is 0 Å². The summed E-state index contributed by atoms with van der Waals surface area (Å²) in [6, 6.07) is 7.14. The number of hydrogen-bond acceptors (Lipinski definition) is 4. The van der Waals surface area contributed by atoms with Gasteiger partial charge in [-0.05, 0) is 49.9 Å². The number of hydrogen-bond donors (Lipinski definition) is 2. The molecule has 0 saturated heterocycles. The maximum atomic E-state index is 12.2. The average molecular weight is 316 g/mol. The standard InChI is InChI=1S/C17H24N4O2/c1-13(2)8-9-17(3,23)10-18-16(22)14-4-6-15(7-5-14)21-11-19-20-12-21/h4-7,11-13,23H,8-10H2,1-3H3,(H,18,22). The van der Waals surface area contributed by atoms with Gasteiger partial charge in [-0.3, -0.25) is 9.36 Å². The van der Waals surface area contributed by atoms with Crippen LogP contribution in [0.3, 0.4) is 0 Å². The lowest BCUT2D eigenvalue weighted by atomic mass is 9.95. The smallest absolute Gasteiger partial charge is 0.251 e. The van der Waals surface area contributed by atoms with Gasteiger partial charge in [-0.25, -0.2) is 0 Å². The topological polar surface area (TPSA) is 80.0 Å². The lowest BCUT2D eigenvalue weighted by Gasteiger charge is -2.24. The normalized spacial score (nSPS) is 13.8. The number of amides is 1. The predicted octanol–water partition coefficient (Wildman–Crippen LogP) is 2.18. The molecule has 1 atom stereocenters. The van der Waals surface area contributed by atoms with Crippen molar-refractivity contribution in [1.29, 1.82) is 0 Å². The van der Waals surface area contributed by atoms with Crippen LogP contribution < -0.4 is 5.32 Å². The Balaban J connectivity index is 1.90. The van der Waals surface area contributed by atoms with Crippen LogP contribution in [0.4, 0.5) is 0 Å². The van der Waals surface area contributed by atoms with Crippen LogP contribution in [-0.2, 0) is 0 Å². The molecule has 23 heavy (non-hydrogen) atoms. The molecule has 0 saturated carbocycles. The zero-order valence-electron chi connectivity index (χ0n) is 13.9. The van der Waals surface area contributed by atoms with Crippen molar-refractivity contribution in [3.8, 4) is 5.69 Å². The van der Waals surface area contributed by atoms with Gasteiger partial charge in [0.05, 0.1) is 5.60 Å². The molecule has 0 aliphatic rings. The summed E-state index contributed by atoms with van der Waals surface area (Å²) in [6.45, 7) is 6.23. The first-order valence-corrected chi connectivity index (χ1v) is 7.83. The van der Waals surface area contributed by atoms with Crippen LogP contribution in [0.2, 0.25) is 0 Å². The van der Waals surface area contributed by atoms with E-state index in [1.807, 2.05) is 12.1 Å². The average Bonchev–Trinajstić information content (AvgIpc) is 3.05. The Hall–Kier alpha value is -2.21. The van der Waals surface area contributed by atoms with E-state index in [2.05, 4.69) is 29.4 Å². The van der Waals surface area contributed by atoms with E-state index in [-0.39, 0.29) is 12.5 Å². The molecule has 0 fully saturated rings. The Morgan fingerprint density at radius 1 is 1.26 bits per heavy atom. The predicted molar refractivity (Wildman–Crippen MR) is 88.4 cm³/mol. The zero-order chi connectivity index (χ0) is 16.9. The van der Waals surface area contributed by atoms with E-state index in [9.17, 15) is 9.90 Å². The number of nitrogens with one attached hydrogen (secondary N) is 1. The van der Waals surface area contributed by atoms with Crippen molar-refractivity contribution < 1.29 is 9.90 Å². The summed E-state index contributed by atoms with van der Waals surface area (Å²) >= 11 is 0. The summed E-state index contributed by atoms with van der Waals surface area (Å²) in [6.07, 6.45) is 4.79. The highest BCUT2D eigenvalue weighted by Crippen LogP contribution is 2.16. The molecule has 2 rings (SSSR count). The fourth-order valence-corrected chi connectivity index (χ4v) is 2.18. The minimum absolute atomic E-state index is 0.190. The first-order valence-electron chi connectivity index (χ1n) is 7.83. The SMILES string of the molecule is CC(C)CCC(C)(O)CNC(=O)c1ccc(-n2cnnc2)cc1. The van der Waals surface area contributed by atoms with Gasteiger partial charge in [0.25, 0.3) is 5.91 Å². The van der Waals surface area contributed by atoms with Gasteiger partial charge in [-0.15, -0.1) is 10.2 Å². The van der Waals surface area contributed by atoms with Crippen LogP contribution in [0.15, 0.2) is 36.9 Å². The van der Waals surface area contributed by atoms with Crippen molar-refractivity contribution >= 4 is 5.91 Å². The minimum atomic E-state index is -0.887. The van der Waals surface area contributed by atoms with Crippen molar-refractivity contribution in [1.82, 2.24) is 20.1 Å². The van der Waals surface area contributed by atoms with E-state index in [0.29, 0.717) is 17.9 Å². The molecule has 6 heteroatoms. The van der Waals surface area contributed by atoms with Gasteiger partial charge in [-0.2, -0.15) is 0 Å². The van der Waals surface area contributed by atoms with Gasteiger partial charge < -0.3 is 10.4 Å². The number of carbonyl (C=O) groups is 1. The lowest BCUT2D eigenvalue weighted by Crippen LogP contribution is -2.40. The Labute approximate surface area is 136 Å². The van der Waals surface area contributed by atoms with Crippen LogP contribution in [0, 0.1) is 5.92 Å². The molecular weight excluding hydrogens is 292 g/mol. The quantitative estimate of drug-likeness (QED) is 0.820. The fourth-order valence-electron chi connectivity index (χ4n) is 2.18. The zero-order valence-corrected chi connectivity index (χ0v) is 13.9. The van der Waals surface area contributed by atoms with Crippen molar-refractivity contribution in [3.63, 3.8) is 0 Å². The molecule has 124 valence electrons. The summed E-state index contributed by atoms with van der Waals surface area (Å²) in [7, 11) is 0. The summed E-state index contributed by atoms with van der Waals surface area (Å²) < 4.78 is 1.76. The lowest BCUT2D eigenvalue weighted by molar-refractivity contribution is 0.0429. The molecule has 1 aromatic carbocycles. The number of carbonyl (C=O) groups excluding carboxylic acids is 1. The molecule has 1 heterocycles. The molecule has 1 aromatic heterocycles. The largest absolute Gasteiger partial charge is 0.388 e. The molecule has 0 radical (unpaired) electrons. The second-order valence-electron chi connectivity index (χ2n) is 6.53. The monoisotopic (exact) mass is 316 g/mol. The third kappa shape index (κ3) is 5.17. The first-order chi connectivity index (χ1) is 10.9. The van der Waals surface area contributed by atoms with Crippen molar-refractivity contribution in [2.45, 2.75) is 39.2 Å². The van der Waals surface area contributed by atoms with E-state index in [1.54, 1.807) is 36.3 Å². The van der Waals surface area contributed by atoms with Gasteiger partial charge >= 0.3 is 0 Å². The van der Waals surface area contributed by atoms with E-state index in [0.717, 1.165) is 12.1 Å². The van der Waals surface area contributed by atoms with Gasteiger partial charge in [0, 0.05) is 17.8 Å². The minimum Gasteiger partial charge on any atom is -0.388 e. The molecule has 0 bridgehead atoms. The number of aliphatic hydroxyl groups is 1. The molecule has 0 spiro atoms. The summed E-state index contributed by atoms with van der Waals surface area (Å²) in [4.78, 5) is 12.2. The Bertz CT molecular complexity index is 619. The van der Waals surface area contributed by atoms with E-state index >= 15 is 0 Å². The highest BCUT2D eigenvalue weighted by Gasteiger charge is 2.21. The number of aromatic nitrogens is 3. The van der Waals surface area contributed by atoms with Crippen LogP contribution >= 0.6 is 0 Å². The summed E-state index contributed by atoms with van der Waals surface area (Å²) in [5, 5.41) is 20.6. The number of benzene rings is 1. The molecule has 0 aliphatic heterocycles. The van der Waals surface area contributed by atoms with Crippen molar-refractivity contribution in [3.05, 3.63) is 42.5 Å². The Morgan fingerprint density at radius 3 is 2.43 bits per heavy atom. The van der Waals surface area contributed by atoms with Gasteiger partial charge in [0.15, 0.2) is 0 Å². The van der Waals surface area contributed by atoms with Gasteiger partial charge in [0.1, 0.15) is 12.7 Å².